The molecule has 15 heavy (non-hydrogen) atoms. The van der Waals surface area contributed by atoms with Crippen molar-refractivity contribution in [1.29, 1.82) is 0 Å². The van der Waals surface area contributed by atoms with Crippen molar-refractivity contribution in [3.8, 4) is 5.75 Å². The molecule has 1 aromatic carbocycles. The Balaban J connectivity index is 3.75. The van der Waals surface area contributed by atoms with E-state index in [1.807, 2.05) is 0 Å². The first-order chi connectivity index (χ1) is 6.91. The summed E-state index contributed by atoms with van der Waals surface area (Å²) in [4.78, 5) is 20.7. The average molecular weight is 229 g/mol. The Morgan fingerprint density at radius 1 is 1.33 bits per heavy atom. The summed E-state index contributed by atoms with van der Waals surface area (Å²) in [5, 5.41) is 21.9. The number of aldehydes is 1. The Hall–Kier alpha value is -1.62. The van der Waals surface area contributed by atoms with Crippen molar-refractivity contribution < 1.29 is 14.8 Å². The number of benzene rings is 1. The zero-order valence-electron chi connectivity index (χ0n) is 8.04. The summed E-state index contributed by atoms with van der Waals surface area (Å²) in [7, 11) is 0. The number of hydrogen-bond acceptors (Lipinski definition) is 4. The van der Waals surface area contributed by atoms with Gasteiger partial charge >= 0.3 is 0 Å². The van der Waals surface area contributed by atoms with Crippen molar-refractivity contribution in [3.63, 3.8) is 0 Å². The average Bonchev–Trinajstić information content (AvgIpc) is 2.15. The fourth-order valence-corrected chi connectivity index (χ4v) is 1.58. The number of rotatable bonds is 2. The zero-order chi connectivity index (χ0) is 11.7. The molecule has 0 aliphatic carbocycles. The molecule has 0 saturated carbocycles. The Morgan fingerprint density at radius 2 is 1.87 bits per heavy atom. The summed E-state index contributed by atoms with van der Waals surface area (Å²) in [5.41, 5.74) is -0.379. The minimum absolute atomic E-state index is 0.0573. The van der Waals surface area contributed by atoms with Crippen LogP contribution in [0, 0.1) is 24.0 Å². The normalized spacial score (nSPS) is 10.1. The number of nitrogens with zero attached hydrogens (tertiary/aromatic N) is 1. The molecule has 0 amide bonds. The quantitative estimate of drug-likeness (QED) is 0.439. The van der Waals surface area contributed by atoms with Crippen LogP contribution in [0.4, 0.5) is 5.69 Å². The van der Waals surface area contributed by atoms with E-state index in [1.165, 1.54) is 13.8 Å². The van der Waals surface area contributed by atoms with Crippen molar-refractivity contribution in [3.05, 3.63) is 31.8 Å². The smallest absolute Gasteiger partial charge is 0.277 e. The van der Waals surface area contributed by atoms with E-state index in [1.54, 1.807) is 0 Å². The van der Waals surface area contributed by atoms with Gasteiger partial charge in [-0.05, 0) is 13.8 Å². The van der Waals surface area contributed by atoms with Gasteiger partial charge in [0, 0.05) is 21.7 Å². The molecule has 0 heterocycles. The lowest BCUT2D eigenvalue weighted by atomic mass is 10.0. The second kappa shape index (κ2) is 3.86. The van der Waals surface area contributed by atoms with Gasteiger partial charge in [0.2, 0.25) is 0 Å². The summed E-state index contributed by atoms with van der Waals surface area (Å²) >= 11 is 5.61. The van der Waals surface area contributed by atoms with Crippen LogP contribution < -0.4 is 5.11 Å². The highest BCUT2D eigenvalue weighted by atomic mass is 35.5. The Bertz CT molecular complexity index is 456. The van der Waals surface area contributed by atoms with Crippen LogP contribution in [-0.2, 0) is 0 Å². The van der Waals surface area contributed by atoms with Gasteiger partial charge < -0.3 is 5.11 Å². The highest BCUT2D eigenvalue weighted by Crippen LogP contribution is 2.37. The molecule has 0 saturated heterocycles. The third-order valence-corrected chi connectivity index (χ3v) is 2.64. The lowest BCUT2D eigenvalue weighted by Gasteiger charge is -2.16. The van der Waals surface area contributed by atoms with Crippen LogP contribution in [0.5, 0.6) is 5.75 Å². The van der Waals surface area contributed by atoms with Crippen LogP contribution in [0.3, 0.4) is 0 Å². The monoisotopic (exact) mass is 228 g/mol. The van der Waals surface area contributed by atoms with Gasteiger partial charge in [-0.3, -0.25) is 14.9 Å². The molecule has 0 bridgehead atoms. The molecule has 0 fully saturated rings. The Morgan fingerprint density at radius 3 is 2.27 bits per heavy atom. The van der Waals surface area contributed by atoms with Gasteiger partial charge in [0.25, 0.3) is 5.69 Å². The van der Waals surface area contributed by atoms with E-state index < -0.39 is 10.7 Å². The minimum atomic E-state index is -0.660. The van der Waals surface area contributed by atoms with Crippen LogP contribution in [0.25, 0.3) is 0 Å². The van der Waals surface area contributed by atoms with E-state index in [4.69, 9.17) is 11.6 Å². The van der Waals surface area contributed by atoms with Crippen molar-refractivity contribution in [2.75, 3.05) is 0 Å². The topological polar surface area (TPSA) is 83.3 Å². The molecule has 0 aromatic heterocycles. The molecule has 0 spiro atoms. The second-order valence-electron chi connectivity index (χ2n) is 3.03. The predicted octanol–water partition coefficient (Wildman–Crippen LogP) is 1.75. The van der Waals surface area contributed by atoms with Crippen LogP contribution in [-0.4, -0.2) is 11.2 Å². The van der Waals surface area contributed by atoms with Gasteiger partial charge in [0.05, 0.1) is 4.92 Å². The first-order valence-corrected chi connectivity index (χ1v) is 4.38. The van der Waals surface area contributed by atoms with E-state index in [-0.39, 0.29) is 33.7 Å². The van der Waals surface area contributed by atoms with E-state index in [2.05, 4.69) is 0 Å². The third-order valence-electron chi connectivity index (χ3n) is 2.19. The van der Waals surface area contributed by atoms with Gasteiger partial charge in [-0.1, -0.05) is 17.4 Å². The molecular weight excluding hydrogens is 222 g/mol. The molecular formula is C9H7ClNO4-. The Kier molecular flexibility index (Phi) is 2.95. The highest BCUT2D eigenvalue weighted by Gasteiger charge is 2.21. The maximum absolute atomic E-state index is 11.4. The van der Waals surface area contributed by atoms with Gasteiger partial charge in [-0.25, -0.2) is 0 Å². The number of hydrogen-bond donors (Lipinski definition) is 0. The van der Waals surface area contributed by atoms with E-state index in [9.17, 15) is 20.0 Å². The molecule has 0 aliphatic heterocycles. The molecule has 0 unspecified atom stereocenters. The summed E-state index contributed by atoms with van der Waals surface area (Å²) in [6, 6.07) is 0. The SMILES string of the molecule is Cc1c(Cl)c([O-])c(C=O)c(C)c1[N+](=O)[O-]. The van der Waals surface area contributed by atoms with E-state index in [0.29, 0.717) is 0 Å². The predicted molar refractivity (Wildman–Crippen MR) is 52.4 cm³/mol. The standard InChI is InChI=1S/C9H8ClNO4/c1-4-6(3-12)9(13)7(10)5(2)8(4)11(14)15/h3,13H,1-2H3/p-1. The largest absolute Gasteiger partial charge is 0.871 e. The fraction of sp³-hybridized carbons (Fsp3) is 0.222. The molecule has 0 radical (unpaired) electrons. The van der Waals surface area contributed by atoms with Crippen molar-refractivity contribution >= 4 is 23.6 Å². The molecule has 1 aromatic rings. The summed E-state index contributed by atoms with van der Waals surface area (Å²) in [6.45, 7) is 2.73. The lowest BCUT2D eigenvalue weighted by Crippen LogP contribution is -2.05. The molecule has 0 N–H and O–H groups in total. The minimum Gasteiger partial charge on any atom is -0.871 e. The summed E-state index contributed by atoms with van der Waals surface area (Å²) in [5.74, 6) is -0.660. The number of carbonyl (C=O) groups excluding carboxylic acids is 1. The zero-order valence-corrected chi connectivity index (χ0v) is 8.79. The molecule has 80 valence electrons. The number of halogens is 1. The van der Waals surface area contributed by atoms with Crippen LogP contribution >= 0.6 is 11.6 Å². The second-order valence-corrected chi connectivity index (χ2v) is 3.41. The van der Waals surface area contributed by atoms with Gasteiger partial charge in [-0.15, -0.1) is 0 Å². The first-order valence-electron chi connectivity index (χ1n) is 4.01. The van der Waals surface area contributed by atoms with Gasteiger partial charge in [0.1, 0.15) is 6.29 Å². The van der Waals surface area contributed by atoms with Crippen molar-refractivity contribution in [2.45, 2.75) is 13.8 Å². The summed E-state index contributed by atoms with van der Waals surface area (Å²) < 4.78 is 0. The lowest BCUT2D eigenvalue weighted by molar-refractivity contribution is -0.386. The highest BCUT2D eigenvalue weighted by molar-refractivity contribution is 6.33. The third kappa shape index (κ3) is 1.66. The maximum atomic E-state index is 11.4. The van der Waals surface area contributed by atoms with Crippen LogP contribution in [0.15, 0.2) is 0 Å². The van der Waals surface area contributed by atoms with E-state index in [0.717, 1.165) is 0 Å². The fourth-order valence-electron chi connectivity index (χ4n) is 1.39. The van der Waals surface area contributed by atoms with Gasteiger partial charge in [0.15, 0.2) is 0 Å². The van der Waals surface area contributed by atoms with Crippen LogP contribution in [0.2, 0.25) is 5.02 Å². The number of carbonyl (C=O) groups is 1. The molecule has 0 atom stereocenters. The molecule has 0 aliphatic rings. The van der Waals surface area contributed by atoms with Crippen molar-refractivity contribution in [2.24, 2.45) is 0 Å². The molecule has 6 heteroatoms. The molecule has 1 rings (SSSR count). The first kappa shape index (κ1) is 11.5. The summed E-state index contributed by atoms with van der Waals surface area (Å²) in [6.07, 6.45) is 0.288. The molecule has 5 nitrogen and oxygen atoms in total. The van der Waals surface area contributed by atoms with E-state index >= 15 is 0 Å². The van der Waals surface area contributed by atoms with Crippen molar-refractivity contribution in [1.82, 2.24) is 0 Å². The number of nitro groups is 1. The maximum Gasteiger partial charge on any atom is 0.277 e. The van der Waals surface area contributed by atoms with Crippen LogP contribution in [0.1, 0.15) is 21.5 Å². The van der Waals surface area contributed by atoms with Gasteiger partial charge in [-0.2, -0.15) is 0 Å². The number of nitro benzene ring substituents is 1. The Labute approximate surface area is 90.4 Å².